The van der Waals surface area contributed by atoms with Gasteiger partial charge >= 0.3 is 0 Å². The van der Waals surface area contributed by atoms with Crippen LogP contribution in [0.3, 0.4) is 0 Å². The first-order valence-electron chi connectivity index (χ1n) is 9.88. The van der Waals surface area contributed by atoms with Crippen LogP contribution in [0.15, 0.2) is 71.6 Å². The van der Waals surface area contributed by atoms with Gasteiger partial charge in [-0.3, -0.25) is 0 Å². The molecule has 2 aromatic rings. The Balaban J connectivity index is 1.63. The predicted molar refractivity (Wildman–Crippen MR) is 118 cm³/mol. The van der Waals surface area contributed by atoms with Gasteiger partial charge in [0.1, 0.15) is 0 Å². The van der Waals surface area contributed by atoms with Crippen LogP contribution in [-0.2, 0) is 6.42 Å². The molecular weight excluding hydrogens is 350 g/mol. The minimum atomic E-state index is -0.228. The molecule has 0 N–H and O–H groups in total. The molecule has 26 heavy (non-hydrogen) atoms. The Morgan fingerprint density at radius 1 is 0.769 bits per heavy atom. The van der Waals surface area contributed by atoms with E-state index in [1.807, 2.05) is 0 Å². The highest BCUT2D eigenvalue weighted by molar-refractivity contribution is 7.78. The second-order valence-electron chi connectivity index (χ2n) is 7.89. The van der Waals surface area contributed by atoms with Crippen LogP contribution >= 0.6 is 15.8 Å². The fourth-order valence-electron chi connectivity index (χ4n) is 5.01. The first kappa shape index (κ1) is 16.9. The van der Waals surface area contributed by atoms with E-state index in [2.05, 4.69) is 74.5 Å². The zero-order valence-electron chi connectivity index (χ0n) is 15.7. The van der Waals surface area contributed by atoms with Crippen molar-refractivity contribution in [3.8, 4) is 0 Å². The van der Waals surface area contributed by atoms with Gasteiger partial charge in [0.25, 0.3) is 0 Å². The summed E-state index contributed by atoms with van der Waals surface area (Å²) < 4.78 is 0. The van der Waals surface area contributed by atoms with Crippen LogP contribution in [0.1, 0.15) is 38.7 Å². The van der Waals surface area contributed by atoms with Crippen molar-refractivity contribution in [3.63, 3.8) is 0 Å². The van der Waals surface area contributed by atoms with Crippen molar-refractivity contribution in [2.45, 2.75) is 50.8 Å². The number of fused-ring (bicyclic) bond motifs is 1. The Bertz CT molecular complexity index is 908. The molecule has 0 spiro atoms. The maximum atomic E-state index is 2.49. The van der Waals surface area contributed by atoms with Crippen molar-refractivity contribution in [2.75, 3.05) is 0 Å². The van der Waals surface area contributed by atoms with E-state index in [0.717, 1.165) is 11.3 Å². The maximum Gasteiger partial charge on any atom is -0.0112 e. The molecule has 1 aliphatic carbocycles. The third-order valence-electron chi connectivity index (χ3n) is 6.10. The van der Waals surface area contributed by atoms with Crippen molar-refractivity contribution in [3.05, 3.63) is 77.1 Å². The predicted octanol–water partition coefficient (Wildman–Crippen LogP) is 5.57. The van der Waals surface area contributed by atoms with Crippen LogP contribution in [0, 0.1) is 0 Å². The van der Waals surface area contributed by atoms with Gasteiger partial charge in [-0.2, -0.15) is 0 Å². The van der Waals surface area contributed by atoms with Crippen molar-refractivity contribution in [1.82, 2.24) is 0 Å². The smallest absolute Gasteiger partial charge is 0.0112 e. The summed E-state index contributed by atoms with van der Waals surface area (Å²) in [6.45, 7) is 4.97. The van der Waals surface area contributed by atoms with E-state index in [1.54, 1.807) is 32.4 Å². The molecule has 3 aliphatic rings. The van der Waals surface area contributed by atoms with Gasteiger partial charge < -0.3 is 0 Å². The first-order chi connectivity index (χ1) is 12.7. The Hall–Kier alpha value is -1.22. The fraction of sp³-hybridized carbons (Fsp3) is 0.333. The molecule has 2 heterocycles. The summed E-state index contributed by atoms with van der Waals surface area (Å²) >= 11 is 0. The summed E-state index contributed by atoms with van der Waals surface area (Å²) in [6, 6.07) is 18.7. The van der Waals surface area contributed by atoms with E-state index < -0.39 is 0 Å². The molecule has 5 rings (SSSR count). The van der Waals surface area contributed by atoms with Gasteiger partial charge in [-0.05, 0) is 79.6 Å². The van der Waals surface area contributed by atoms with Gasteiger partial charge in [-0.25, -0.2) is 0 Å². The lowest BCUT2D eigenvalue weighted by Crippen LogP contribution is -2.28. The third-order valence-corrected chi connectivity index (χ3v) is 12.2. The van der Waals surface area contributed by atoms with Crippen LogP contribution < -0.4 is 15.9 Å². The highest BCUT2D eigenvalue weighted by atomic mass is 31.1. The van der Waals surface area contributed by atoms with E-state index in [4.69, 9.17) is 0 Å². The molecule has 132 valence electrons. The lowest BCUT2D eigenvalue weighted by atomic mass is 10.0. The molecule has 0 aromatic heterocycles. The van der Waals surface area contributed by atoms with Crippen molar-refractivity contribution < 1.29 is 0 Å². The van der Waals surface area contributed by atoms with Crippen LogP contribution in [0.4, 0.5) is 0 Å². The SMILES string of the molecule is C[C@H]1CC2=C(C=CCC2)P1c1ccccc1P1c2ccccc2C[C@@H]1C. The Kier molecular flexibility index (Phi) is 4.39. The summed E-state index contributed by atoms with van der Waals surface area (Å²) in [4.78, 5) is 0. The average molecular weight is 376 g/mol. The number of benzene rings is 2. The summed E-state index contributed by atoms with van der Waals surface area (Å²) in [7, 11) is -0.423. The number of hydrogen-bond donors (Lipinski definition) is 0. The highest BCUT2D eigenvalue weighted by Gasteiger charge is 2.37. The fourth-order valence-corrected chi connectivity index (χ4v) is 11.5. The van der Waals surface area contributed by atoms with Crippen LogP contribution in [-0.4, -0.2) is 11.3 Å². The van der Waals surface area contributed by atoms with E-state index in [-0.39, 0.29) is 15.8 Å². The van der Waals surface area contributed by atoms with E-state index in [1.165, 1.54) is 25.7 Å². The largest absolute Gasteiger partial charge is 0.0836 e. The van der Waals surface area contributed by atoms with Crippen LogP contribution in [0.25, 0.3) is 0 Å². The molecule has 0 nitrogen and oxygen atoms in total. The summed E-state index contributed by atoms with van der Waals surface area (Å²) in [6.07, 6.45) is 10.00. The third kappa shape index (κ3) is 2.66. The summed E-state index contributed by atoms with van der Waals surface area (Å²) in [5.74, 6) is 0. The summed E-state index contributed by atoms with van der Waals surface area (Å²) in [5, 5.41) is 6.70. The van der Waals surface area contributed by atoms with Gasteiger partial charge in [0.2, 0.25) is 0 Å². The molecule has 0 saturated carbocycles. The van der Waals surface area contributed by atoms with E-state index >= 15 is 0 Å². The second kappa shape index (κ2) is 6.74. The van der Waals surface area contributed by atoms with E-state index in [0.29, 0.717) is 0 Å². The Labute approximate surface area is 159 Å². The molecule has 4 atom stereocenters. The van der Waals surface area contributed by atoms with Gasteiger partial charge in [0.05, 0.1) is 0 Å². The minimum absolute atomic E-state index is 0.195. The maximum absolute atomic E-state index is 2.49. The highest BCUT2D eigenvalue weighted by Crippen LogP contribution is 2.60. The molecular formula is C24H26P2. The normalized spacial score (nSPS) is 29.8. The van der Waals surface area contributed by atoms with Crippen LogP contribution in [0.5, 0.6) is 0 Å². The number of hydrogen-bond acceptors (Lipinski definition) is 0. The van der Waals surface area contributed by atoms with Gasteiger partial charge in [0.15, 0.2) is 0 Å². The second-order valence-corrected chi connectivity index (χ2v) is 13.1. The van der Waals surface area contributed by atoms with Crippen LogP contribution in [0.2, 0.25) is 0 Å². The standard InChI is InChI=1S/C24H26P2/c1-17-15-19-9-3-5-11-21(19)25(17)23-13-7-8-14-24(23)26-18(2)16-20-10-4-6-12-22(20)26/h3,5-9,11-14,17-18H,4,10,15-16H2,1-2H3/t17-,18-,25?,26?/m0/s1. The molecule has 2 heteroatoms. The lowest BCUT2D eigenvalue weighted by Gasteiger charge is -2.28. The minimum Gasteiger partial charge on any atom is -0.0836 e. The molecule has 2 unspecified atom stereocenters. The molecule has 0 amide bonds. The number of allylic oxidation sites excluding steroid dienone is 4. The van der Waals surface area contributed by atoms with E-state index in [9.17, 15) is 0 Å². The van der Waals surface area contributed by atoms with Crippen molar-refractivity contribution in [2.24, 2.45) is 0 Å². The topological polar surface area (TPSA) is 0 Å². The van der Waals surface area contributed by atoms with Gasteiger partial charge in [-0.15, -0.1) is 0 Å². The van der Waals surface area contributed by atoms with Crippen molar-refractivity contribution in [1.29, 1.82) is 0 Å². The first-order valence-corrected chi connectivity index (χ1v) is 12.7. The molecule has 2 aromatic carbocycles. The molecule has 2 aliphatic heterocycles. The Morgan fingerprint density at radius 2 is 1.42 bits per heavy atom. The molecule has 0 saturated heterocycles. The molecule has 0 bridgehead atoms. The van der Waals surface area contributed by atoms with Crippen molar-refractivity contribution >= 4 is 31.8 Å². The molecule has 0 fully saturated rings. The quantitative estimate of drug-likeness (QED) is 0.602. The molecule has 0 radical (unpaired) electrons. The van der Waals surface area contributed by atoms with Gasteiger partial charge in [-0.1, -0.05) is 80.1 Å². The number of rotatable bonds is 2. The zero-order valence-corrected chi connectivity index (χ0v) is 17.4. The lowest BCUT2D eigenvalue weighted by molar-refractivity contribution is 0.847. The summed E-state index contributed by atoms with van der Waals surface area (Å²) in [5.41, 5.74) is 4.90. The average Bonchev–Trinajstić information content (AvgIpc) is 3.17. The zero-order chi connectivity index (χ0) is 17.7. The van der Waals surface area contributed by atoms with Gasteiger partial charge in [0, 0.05) is 0 Å². The Morgan fingerprint density at radius 3 is 2.23 bits per heavy atom. The monoisotopic (exact) mass is 376 g/mol.